The van der Waals surface area contributed by atoms with Crippen LogP contribution in [-0.2, 0) is 13.1 Å². The van der Waals surface area contributed by atoms with Crippen LogP contribution in [0.4, 0.5) is 0 Å². The van der Waals surface area contributed by atoms with Gasteiger partial charge in [0.05, 0.1) is 0 Å². The van der Waals surface area contributed by atoms with Crippen molar-refractivity contribution >= 4 is 11.9 Å². The number of nitrogens with two attached hydrogens (primary N) is 1. The molecule has 0 atom stereocenters. The highest BCUT2D eigenvalue weighted by atomic mass is 16.5. The quantitative estimate of drug-likeness (QED) is 0.540. The molecule has 0 heterocycles. The number of ether oxygens (including phenoxy) is 1. The number of primary amides is 1. The molecule has 144 valence electrons. The maximum absolute atomic E-state index is 11.3. The number of hydrogen-bond donors (Lipinski definition) is 3. The van der Waals surface area contributed by atoms with E-state index in [1.54, 1.807) is 19.2 Å². The van der Waals surface area contributed by atoms with Crippen molar-refractivity contribution in [3.05, 3.63) is 65.2 Å². The Hall–Kier alpha value is -3.02. The zero-order valence-electron chi connectivity index (χ0n) is 16.4. The second kappa shape index (κ2) is 9.07. The zero-order valence-corrected chi connectivity index (χ0v) is 16.4. The van der Waals surface area contributed by atoms with Gasteiger partial charge in [0.15, 0.2) is 5.96 Å². The molecule has 4 N–H and O–H groups in total. The SMILES string of the molecule is CN=C(NCc1cccc(C(N)=O)c1)NCc1ccccc1OC(C)(C)C. The van der Waals surface area contributed by atoms with Crippen molar-refractivity contribution in [2.45, 2.75) is 39.5 Å². The fraction of sp³-hybridized carbons (Fsp3) is 0.333. The minimum Gasteiger partial charge on any atom is -0.488 e. The van der Waals surface area contributed by atoms with E-state index in [4.69, 9.17) is 10.5 Å². The summed E-state index contributed by atoms with van der Waals surface area (Å²) in [7, 11) is 1.72. The minimum absolute atomic E-state index is 0.262. The highest BCUT2D eigenvalue weighted by molar-refractivity contribution is 5.92. The van der Waals surface area contributed by atoms with Gasteiger partial charge < -0.3 is 21.1 Å². The van der Waals surface area contributed by atoms with Crippen molar-refractivity contribution in [3.8, 4) is 5.75 Å². The highest BCUT2D eigenvalue weighted by Crippen LogP contribution is 2.22. The summed E-state index contributed by atoms with van der Waals surface area (Å²) in [5, 5.41) is 6.52. The summed E-state index contributed by atoms with van der Waals surface area (Å²) in [6.45, 7) is 7.18. The second-order valence-corrected chi connectivity index (χ2v) is 7.17. The van der Waals surface area contributed by atoms with Crippen LogP contribution < -0.4 is 21.1 Å². The van der Waals surface area contributed by atoms with Gasteiger partial charge in [-0.2, -0.15) is 0 Å². The Morgan fingerprint density at radius 1 is 1.07 bits per heavy atom. The normalized spacial score (nSPS) is 11.8. The maximum atomic E-state index is 11.3. The molecular formula is C21H28N4O2. The van der Waals surface area contributed by atoms with Gasteiger partial charge >= 0.3 is 0 Å². The number of para-hydroxylation sites is 1. The Morgan fingerprint density at radius 2 is 1.78 bits per heavy atom. The number of benzene rings is 2. The van der Waals surface area contributed by atoms with Crippen molar-refractivity contribution in [3.63, 3.8) is 0 Å². The lowest BCUT2D eigenvalue weighted by molar-refractivity contribution is 0.1000. The molecular weight excluding hydrogens is 340 g/mol. The molecule has 27 heavy (non-hydrogen) atoms. The molecule has 0 spiro atoms. The average Bonchev–Trinajstić information content (AvgIpc) is 2.62. The molecule has 0 unspecified atom stereocenters. The largest absolute Gasteiger partial charge is 0.488 e. The number of hydrogen-bond acceptors (Lipinski definition) is 3. The third-order valence-corrected chi connectivity index (χ3v) is 3.73. The zero-order chi connectivity index (χ0) is 19.9. The molecule has 0 aliphatic carbocycles. The predicted molar refractivity (Wildman–Crippen MR) is 109 cm³/mol. The van der Waals surface area contributed by atoms with Crippen LogP contribution in [-0.4, -0.2) is 24.5 Å². The first-order valence-electron chi connectivity index (χ1n) is 8.88. The number of rotatable bonds is 6. The van der Waals surface area contributed by atoms with Gasteiger partial charge in [0.25, 0.3) is 0 Å². The van der Waals surface area contributed by atoms with Crippen LogP contribution in [0.5, 0.6) is 5.75 Å². The Labute approximate surface area is 160 Å². The van der Waals surface area contributed by atoms with Crippen molar-refractivity contribution < 1.29 is 9.53 Å². The average molecular weight is 368 g/mol. The van der Waals surface area contributed by atoms with Crippen LogP contribution in [0.3, 0.4) is 0 Å². The van der Waals surface area contributed by atoms with Crippen molar-refractivity contribution in [1.29, 1.82) is 0 Å². The molecule has 0 aliphatic rings. The van der Waals surface area contributed by atoms with E-state index in [9.17, 15) is 4.79 Å². The van der Waals surface area contributed by atoms with Crippen molar-refractivity contribution in [1.82, 2.24) is 10.6 Å². The Balaban J connectivity index is 1.97. The molecule has 0 radical (unpaired) electrons. The van der Waals surface area contributed by atoms with E-state index >= 15 is 0 Å². The van der Waals surface area contributed by atoms with E-state index in [0.29, 0.717) is 24.6 Å². The lowest BCUT2D eigenvalue weighted by atomic mass is 10.1. The molecule has 2 aromatic carbocycles. The van der Waals surface area contributed by atoms with Gasteiger partial charge in [-0.25, -0.2) is 0 Å². The van der Waals surface area contributed by atoms with E-state index in [2.05, 4.69) is 15.6 Å². The van der Waals surface area contributed by atoms with Crippen LogP contribution in [0.1, 0.15) is 42.3 Å². The number of carbonyl (C=O) groups is 1. The first-order valence-corrected chi connectivity index (χ1v) is 8.88. The van der Waals surface area contributed by atoms with Crippen LogP contribution in [0.25, 0.3) is 0 Å². The number of nitrogens with one attached hydrogen (secondary N) is 2. The van der Waals surface area contributed by atoms with E-state index < -0.39 is 5.91 Å². The topological polar surface area (TPSA) is 88.7 Å². The van der Waals surface area contributed by atoms with E-state index in [1.807, 2.05) is 57.2 Å². The van der Waals surface area contributed by atoms with Gasteiger partial charge in [0, 0.05) is 31.3 Å². The number of guanidine groups is 1. The third kappa shape index (κ3) is 6.66. The summed E-state index contributed by atoms with van der Waals surface area (Å²) in [5.74, 6) is 1.07. The molecule has 0 bridgehead atoms. The first-order chi connectivity index (χ1) is 12.8. The van der Waals surface area contributed by atoms with Crippen molar-refractivity contribution in [2.75, 3.05) is 7.05 Å². The van der Waals surface area contributed by atoms with Gasteiger partial charge in [0.2, 0.25) is 5.91 Å². The van der Waals surface area contributed by atoms with Crippen LogP contribution in [0.15, 0.2) is 53.5 Å². The first kappa shape index (κ1) is 20.3. The summed E-state index contributed by atoms with van der Waals surface area (Å²) in [5.41, 5.74) is 7.55. The summed E-state index contributed by atoms with van der Waals surface area (Å²) < 4.78 is 6.02. The molecule has 6 nitrogen and oxygen atoms in total. The Bertz CT molecular complexity index is 810. The van der Waals surface area contributed by atoms with Gasteiger partial charge in [-0.1, -0.05) is 30.3 Å². The highest BCUT2D eigenvalue weighted by Gasteiger charge is 2.14. The number of aliphatic imine (C=N–C) groups is 1. The Morgan fingerprint density at radius 3 is 2.44 bits per heavy atom. The van der Waals surface area contributed by atoms with E-state index in [0.717, 1.165) is 16.9 Å². The molecule has 2 rings (SSSR count). The predicted octanol–water partition coefficient (Wildman–Crippen LogP) is 2.83. The summed E-state index contributed by atoms with van der Waals surface area (Å²) in [4.78, 5) is 15.5. The molecule has 0 saturated heterocycles. The van der Waals surface area contributed by atoms with Gasteiger partial charge in [-0.05, 0) is 44.5 Å². The monoisotopic (exact) mass is 368 g/mol. The molecule has 0 aromatic heterocycles. The Kier molecular flexibility index (Phi) is 6.82. The molecule has 0 aliphatic heterocycles. The molecule has 1 amide bonds. The minimum atomic E-state index is -0.435. The van der Waals surface area contributed by atoms with E-state index in [1.165, 1.54) is 0 Å². The third-order valence-electron chi connectivity index (χ3n) is 3.73. The summed E-state index contributed by atoms with van der Waals surface area (Å²) in [6, 6.07) is 15.2. The standard InChI is InChI=1S/C21H28N4O2/c1-21(2,3)27-18-11-6-5-9-17(18)14-25-20(23-4)24-13-15-8-7-10-16(12-15)19(22)26/h5-12H,13-14H2,1-4H3,(H2,22,26)(H2,23,24,25). The molecule has 0 saturated carbocycles. The van der Waals surface area contributed by atoms with Crippen LogP contribution in [0, 0.1) is 0 Å². The summed E-state index contributed by atoms with van der Waals surface area (Å²) in [6.07, 6.45) is 0. The summed E-state index contributed by atoms with van der Waals surface area (Å²) >= 11 is 0. The number of carbonyl (C=O) groups excluding carboxylic acids is 1. The smallest absolute Gasteiger partial charge is 0.248 e. The second-order valence-electron chi connectivity index (χ2n) is 7.17. The van der Waals surface area contributed by atoms with Crippen molar-refractivity contribution in [2.24, 2.45) is 10.7 Å². The van der Waals surface area contributed by atoms with Crippen LogP contribution >= 0.6 is 0 Å². The molecule has 6 heteroatoms. The molecule has 0 fully saturated rings. The molecule has 2 aromatic rings. The van der Waals surface area contributed by atoms with Gasteiger partial charge in [-0.15, -0.1) is 0 Å². The van der Waals surface area contributed by atoms with Gasteiger partial charge in [-0.3, -0.25) is 9.79 Å². The van der Waals surface area contributed by atoms with Crippen LogP contribution in [0.2, 0.25) is 0 Å². The lowest BCUT2D eigenvalue weighted by Gasteiger charge is -2.23. The maximum Gasteiger partial charge on any atom is 0.248 e. The van der Waals surface area contributed by atoms with Gasteiger partial charge in [0.1, 0.15) is 11.4 Å². The van der Waals surface area contributed by atoms with E-state index in [-0.39, 0.29) is 5.60 Å². The number of amides is 1. The number of nitrogens with zero attached hydrogens (tertiary/aromatic N) is 1. The fourth-order valence-corrected chi connectivity index (χ4v) is 2.50. The lowest BCUT2D eigenvalue weighted by Crippen LogP contribution is -2.36. The fourth-order valence-electron chi connectivity index (χ4n) is 2.50.